The van der Waals surface area contributed by atoms with Crippen molar-refractivity contribution in [1.82, 2.24) is 15.2 Å². The molecule has 0 aliphatic carbocycles. The number of carbonyl (C=O) groups is 1. The number of benzene rings is 1. The predicted octanol–water partition coefficient (Wildman–Crippen LogP) is 4.59. The first-order valence-electron chi connectivity index (χ1n) is 7.45. The molecule has 0 aliphatic heterocycles. The van der Waals surface area contributed by atoms with Crippen molar-refractivity contribution in [1.29, 1.82) is 0 Å². The van der Waals surface area contributed by atoms with Gasteiger partial charge in [-0.05, 0) is 37.3 Å². The Morgan fingerprint density at radius 1 is 1.31 bits per heavy atom. The first-order valence-corrected chi connectivity index (χ1v) is 9.52. The molecule has 0 saturated carbocycles. The zero-order chi connectivity index (χ0) is 18.5. The van der Waals surface area contributed by atoms with E-state index in [4.69, 9.17) is 11.6 Å². The van der Waals surface area contributed by atoms with Crippen LogP contribution in [-0.2, 0) is 4.79 Å². The second-order valence-electron chi connectivity index (χ2n) is 5.12. The molecule has 2 aromatic heterocycles. The number of amides is 1. The molecule has 1 amide bonds. The smallest absolute Gasteiger partial charge is 0.238 e. The van der Waals surface area contributed by atoms with E-state index >= 15 is 0 Å². The number of rotatable bonds is 6. The Labute approximate surface area is 162 Å². The van der Waals surface area contributed by atoms with E-state index in [0.29, 0.717) is 26.0 Å². The van der Waals surface area contributed by atoms with Gasteiger partial charge in [0.25, 0.3) is 0 Å². The summed E-state index contributed by atoms with van der Waals surface area (Å²) in [5.74, 6) is -0.118. The molecule has 3 aromatic rings. The van der Waals surface area contributed by atoms with E-state index in [-0.39, 0.29) is 11.7 Å². The van der Waals surface area contributed by atoms with E-state index in [9.17, 15) is 9.18 Å². The molecule has 0 bridgehead atoms. The zero-order valence-corrected chi connectivity index (χ0v) is 15.8. The van der Waals surface area contributed by atoms with Gasteiger partial charge in [-0.3, -0.25) is 4.79 Å². The SMILES string of the molecule is C[C@@H](Sc1nnc(Nc2cccc(F)c2)s1)C(=O)Nc1ccc(Cl)cn1. The summed E-state index contributed by atoms with van der Waals surface area (Å²) in [6.07, 6.45) is 1.46. The fraction of sp³-hybridized carbons (Fsp3) is 0.125. The molecule has 10 heteroatoms. The van der Waals surface area contributed by atoms with Gasteiger partial charge in [0.05, 0.1) is 10.3 Å². The summed E-state index contributed by atoms with van der Waals surface area (Å²) < 4.78 is 13.8. The average Bonchev–Trinajstić information content (AvgIpc) is 3.03. The molecule has 0 aliphatic rings. The summed E-state index contributed by atoms with van der Waals surface area (Å²) in [6.45, 7) is 1.76. The molecular formula is C16H13ClFN5OS2. The van der Waals surface area contributed by atoms with Crippen molar-refractivity contribution in [2.75, 3.05) is 10.6 Å². The van der Waals surface area contributed by atoms with Crippen molar-refractivity contribution in [3.05, 3.63) is 53.4 Å². The predicted molar refractivity (Wildman–Crippen MR) is 103 cm³/mol. The van der Waals surface area contributed by atoms with Crippen LogP contribution in [0, 0.1) is 5.82 Å². The van der Waals surface area contributed by atoms with Gasteiger partial charge in [0.1, 0.15) is 11.6 Å². The molecule has 1 atom stereocenters. The highest BCUT2D eigenvalue weighted by Gasteiger charge is 2.18. The summed E-state index contributed by atoms with van der Waals surface area (Å²) in [4.78, 5) is 16.3. The van der Waals surface area contributed by atoms with Crippen LogP contribution in [-0.4, -0.2) is 26.3 Å². The summed E-state index contributed by atoms with van der Waals surface area (Å²) in [5, 5.41) is 14.3. The summed E-state index contributed by atoms with van der Waals surface area (Å²) in [6, 6.07) is 9.34. The number of carbonyl (C=O) groups excluding carboxylic acids is 1. The van der Waals surface area contributed by atoms with Crippen LogP contribution in [0.1, 0.15) is 6.92 Å². The van der Waals surface area contributed by atoms with Gasteiger partial charge in [0.2, 0.25) is 11.0 Å². The Balaban J connectivity index is 1.57. The number of hydrogen-bond donors (Lipinski definition) is 2. The maximum atomic E-state index is 13.2. The lowest BCUT2D eigenvalue weighted by Gasteiger charge is -2.09. The maximum Gasteiger partial charge on any atom is 0.238 e. The fourth-order valence-corrected chi connectivity index (χ4v) is 3.91. The molecule has 3 rings (SSSR count). The average molecular weight is 410 g/mol. The quantitative estimate of drug-likeness (QED) is 0.580. The van der Waals surface area contributed by atoms with Crippen LogP contribution >= 0.6 is 34.7 Å². The minimum atomic E-state index is -0.401. The van der Waals surface area contributed by atoms with Gasteiger partial charge in [0.15, 0.2) is 4.34 Å². The number of anilines is 3. The number of thioether (sulfide) groups is 1. The highest BCUT2D eigenvalue weighted by atomic mass is 35.5. The molecule has 2 heterocycles. The van der Waals surface area contributed by atoms with E-state index < -0.39 is 5.25 Å². The van der Waals surface area contributed by atoms with E-state index in [1.54, 1.807) is 31.2 Å². The second kappa shape index (κ2) is 8.43. The van der Waals surface area contributed by atoms with Crippen molar-refractivity contribution < 1.29 is 9.18 Å². The van der Waals surface area contributed by atoms with E-state index in [2.05, 4.69) is 25.8 Å². The Morgan fingerprint density at radius 2 is 2.15 bits per heavy atom. The number of nitrogens with zero attached hydrogens (tertiary/aromatic N) is 3. The van der Waals surface area contributed by atoms with Gasteiger partial charge < -0.3 is 10.6 Å². The summed E-state index contributed by atoms with van der Waals surface area (Å²) in [7, 11) is 0. The van der Waals surface area contributed by atoms with Crippen LogP contribution in [0.2, 0.25) is 5.02 Å². The zero-order valence-electron chi connectivity index (χ0n) is 13.4. The molecule has 1 aromatic carbocycles. The molecule has 6 nitrogen and oxygen atoms in total. The van der Waals surface area contributed by atoms with E-state index in [1.165, 1.54) is 41.4 Å². The molecule has 0 spiro atoms. The third kappa shape index (κ3) is 5.13. The van der Waals surface area contributed by atoms with Crippen LogP contribution in [0.3, 0.4) is 0 Å². The number of halogens is 2. The standard InChI is InChI=1S/C16H13ClFN5OS2/c1-9(14(24)21-13-6-5-10(17)8-19-13)25-16-23-22-15(26-16)20-12-4-2-3-11(18)7-12/h2-9H,1H3,(H,20,22)(H,19,21,24)/t9-/m1/s1. The van der Waals surface area contributed by atoms with Crippen molar-refractivity contribution in [2.24, 2.45) is 0 Å². The Morgan fingerprint density at radius 3 is 2.88 bits per heavy atom. The Bertz CT molecular complexity index is 906. The van der Waals surface area contributed by atoms with Crippen LogP contribution in [0.4, 0.5) is 21.0 Å². The number of hydrogen-bond acceptors (Lipinski definition) is 7. The molecule has 0 unspecified atom stereocenters. The molecule has 0 radical (unpaired) electrons. The molecule has 134 valence electrons. The van der Waals surface area contributed by atoms with E-state index in [0.717, 1.165) is 0 Å². The molecular weight excluding hydrogens is 397 g/mol. The second-order valence-corrected chi connectivity index (χ2v) is 8.12. The first kappa shape index (κ1) is 18.6. The van der Waals surface area contributed by atoms with E-state index in [1.807, 2.05) is 0 Å². The topological polar surface area (TPSA) is 79.8 Å². The number of aromatic nitrogens is 3. The van der Waals surface area contributed by atoms with Crippen molar-refractivity contribution >= 4 is 57.2 Å². The molecule has 0 saturated heterocycles. The third-order valence-electron chi connectivity index (χ3n) is 3.11. The van der Waals surface area contributed by atoms with Gasteiger partial charge in [0, 0.05) is 11.9 Å². The van der Waals surface area contributed by atoms with Gasteiger partial charge >= 0.3 is 0 Å². The van der Waals surface area contributed by atoms with Gasteiger partial charge in [-0.25, -0.2) is 9.37 Å². The third-order valence-corrected chi connectivity index (χ3v) is 5.35. The van der Waals surface area contributed by atoms with Crippen LogP contribution in [0.5, 0.6) is 0 Å². The van der Waals surface area contributed by atoms with Crippen molar-refractivity contribution in [3.63, 3.8) is 0 Å². The summed E-state index contributed by atoms with van der Waals surface area (Å²) in [5.41, 5.74) is 0.581. The largest absolute Gasteiger partial charge is 0.330 e. The van der Waals surface area contributed by atoms with Crippen molar-refractivity contribution in [3.8, 4) is 0 Å². The minimum Gasteiger partial charge on any atom is -0.330 e. The fourth-order valence-electron chi connectivity index (χ4n) is 1.88. The minimum absolute atomic E-state index is 0.209. The van der Waals surface area contributed by atoms with Gasteiger partial charge in [-0.15, -0.1) is 10.2 Å². The molecule has 2 N–H and O–H groups in total. The van der Waals surface area contributed by atoms with Crippen LogP contribution < -0.4 is 10.6 Å². The highest BCUT2D eigenvalue weighted by Crippen LogP contribution is 2.30. The summed E-state index contributed by atoms with van der Waals surface area (Å²) >= 11 is 8.32. The molecule has 0 fully saturated rings. The molecule has 26 heavy (non-hydrogen) atoms. The highest BCUT2D eigenvalue weighted by molar-refractivity contribution is 8.02. The van der Waals surface area contributed by atoms with Crippen molar-refractivity contribution in [2.45, 2.75) is 16.5 Å². The normalized spacial score (nSPS) is 11.8. The van der Waals surface area contributed by atoms with Crippen LogP contribution in [0.15, 0.2) is 46.9 Å². The lowest BCUT2D eigenvalue weighted by Crippen LogP contribution is -2.22. The van der Waals surface area contributed by atoms with Crippen LogP contribution in [0.25, 0.3) is 0 Å². The maximum absolute atomic E-state index is 13.2. The number of pyridine rings is 1. The lowest BCUT2D eigenvalue weighted by molar-refractivity contribution is -0.115. The van der Waals surface area contributed by atoms with Gasteiger partial charge in [-0.1, -0.05) is 40.8 Å². The first-order chi connectivity index (χ1) is 12.5. The monoisotopic (exact) mass is 409 g/mol. The van der Waals surface area contributed by atoms with Gasteiger partial charge in [-0.2, -0.15) is 0 Å². The lowest BCUT2D eigenvalue weighted by atomic mass is 10.3. The Hall–Kier alpha value is -2.23. The number of nitrogens with one attached hydrogen (secondary N) is 2. The Kier molecular flexibility index (Phi) is 6.02.